The highest BCUT2D eigenvalue weighted by atomic mass is 16.2. The van der Waals surface area contributed by atoms with Crippen LogP contribution in [-0.4, -0.2) is 24.4 Å². The summed E-state index contributed by atoms with van der Waals surface area (Å²) in [6.07, 6.45) is 0.777. The van der Waals surface area contributed by atoms with E-state index in [2.05, 4.69) is 41.7 Å². The molecule has 0 fully saturated rings. The third-order valence-electron chi connectivity index (χ3n) is 4.53. The third-order valence-corrected chi connectivity index (χ3v) is 4.53. The Labute approximate surface area is 161 Å². The van der Waals surface area contributed by atoms with E-state index in [-0.39, 0.29) is 11.9 Å². The quantitative estimate of drug-likeness (QED) is 0.654. The molecular formula is C24H26N2O. The van der Waals surface area contributed by atoms with Crippen molar-refractivity contribution in [1.29, 1.82) is 0 Å². The van der Waals surface area contributed by atoms with E-state index in [0.717, 1.165) is 18.5 Å². The van der Waals surface area contributed by atoms with Crippen molar-refractivity contribution in [3.8, 4) is 0 Å². The maximum Gasteiger partial charge on any atom is 0.234 e. The van der Waals surface area contributed by atoms with Gasteiger partial charge in [-0.25, -0.2) is 0 Å². The summed E-state index contributed by atoms with van der Waals surface area (Å²) in [5.41, 5.74) is 3.54. The van der Waals surface area contributed by atoms with Crippen LogP contribution < -0.4 is 5.32 Å². The largest absolute Gasteiger partial charge is 0.348 e. The Kier molecular flexibility index (Phi) is 6.78. The van der Waals surface area contributed by atoms with Gasteiger partial charge in [0.05, 0.1) is 12.6 Å². The van der Waals surface area contributed by atoms with E-state index in [1.165, 1.54) is 11.1 Å². The summed E-state index contributed by atoms with van der Waals surface area (Å²) in [6.45, 7) is 1.12. The predicted molar refractivity (Wildman–Crippen MR) is 110 cm³/mol. The highest BCUT2D eigenvalue weighted by Crippen LogP contribution is 2.18. The van der Waals surface area contributed by atoms with Gasteiger partial charge < -0.3 is 5.32 Å². The molecule has 0 aromatic heterocycles. The third kappa shape index (κ3) is 6.08. The van der Waals surface area contributed by atoms with Crippen LogP contribution >= 0.6 is 0 Å². The fourth-order valence-electron chi connectivity index (χ4n) is 3.22. The fourth-order valence-corrected chi connectivity index (χ4v) is 3.22. The highest BCUT2D eigenvalue weighted by Gasteiger charge is 2.16. The molecule has 1 atom stereocenters. The number of hydrogen-bond acceptors (Lipinski definition) is 2. The average Bonchev–Trinajstić information content (AvgIpc) is 2.69. The second kappa shape index (κ2) is 9.70. The van der Waals surface area contributed by atoms with Crippen molar-refractivity contribution in [2.45, 2.75) is 19.0 Å². The number of hydrogen-bond donors (Lipinski definition) is 1. The van der Waals surface area contributed by atoms with Crippen LogP contribution in [0.2, 0.25) is 0 Å². The van der Waals surface area contributed by atoms with Crippen LogP contribution in [0.15, 0.2) is 91.0 Å². The van der Waals surface area contributed by atoms with Crippen molar-refractivity contribution in [2.75, 3.05) is 13.6 Å². The first kappa shape index (κ1) is 18.9. The van der Waals surface area contributed by atoms with Crippen LogP contribution in [0, 0.1) is 0 Å². The van der Waals surface area contributed by atoms with Gasteiger partial charge in [-0.1, -0.05) is 91.0 Å². The minimum absolute atomic E-state index is 0.0359. The number of benzene rings is 3. The van der Waals surface area contributed by atoms with Crippen molar-refractivity contribution in [2.24, 2.45) is 0 Å². The van der Waals surface area contributed by atoms with Gasteiger partial charge in [-0.3, -0.25) is 9.69 Å². The van der Waals surface area contributed by atoms with E-state index in [1.807, 2.05) is 66.5 Å². The Hall–Kier alpha value is -2.91. The van der Waals surface area contributed by atoms with E-state index in [1.54, 1.807) is 0 Å². The molecule has 3 rings (SSSR count). The summed E-state index contributed by atoms with van der Waals surface area (Å²) in [5.74, 6) is 0.0400. The first-order valence-electron chi connectivity index (χ1n) is 9.31. The van der Waals surface area contributed by atoms with Crippen molar-refractivity contribution in [3.63, 3.8) is 0 Å². The lowest BCUT2D eigenvalue weighted by Gasteiger charge is -2.22. The van der Waals surface area contributed by atoms with E-state index in [9.17, 15) is 4.79 Å². The number of carbonyl (C=O) groups excluding carboxylic acids is 1. The minimum atomic E-state index is -0.0359. The molecule has 0 aliphatic carbocycles. The molecule has 3 heteroatoms. The zero-order valence-electron chi connectivity index (χ0n) is 15.7. The predicted octanol–water partition coefficient (Wildman–Crippen LogP) is 4.22. The second-order valence-corrected chi connectivity index (χ2v) is 6.88. The van der Waals surface area contributed by atoms with Gasteiger partial charge in [0.1, 0.15) is 0 Å². The van der Waals surface area contributed by atoms with E-state index in [4.69, 9.17) is 0 Å². The van der Waals surface area contributed by atoms with Gasteiger partial charge in [-0.15, -0.1) is 0 Å². The van der Waals surface area contributed by atoms with Gasteiger partial charge in [0.25, 0.3) is 0 Å². The van der Waals surface area contributed by atoms with Crippen molar-refractivity contribution < 1.29 is 4.79 Å². The first-order valence-corrected chi connectivity index (χ1v) is 9.31. The lowest BCUT2D eigenvalue weighted by molar-refractivity contribution is -0.122. The van der Waals surface area contributed by atoms with Gasteiger partial charge in [0.15, 0.2) is 0 Å². The lowest BCUT2D eigenvalue weighted by Crippen LogP contribution is -2.37. The summed E-state index contributed by atoms with van der Waals surface area (Å²) in [4.78, 5) is 14.7. The zero-order valence-corrected chi connectivity index (χ0v) is 15.7. The summed E-state index contributed by atoms with van der Waals surface area (Å²) in [7, 11) is 1.97. The normalized spacial score (nSPS) is 11.9. The first-order chi connectivity index (χ1) is 13.2. The molecule has 138 valence electrons. The van der Waals surface area contributed by atoms with Gasteiger partial charge in [-0.2, -0.15) is 0 Å². The molecule has 1 amide bonds. The molecule has 3 aromatic rings. The van der Waals surface area contributed by atoms with Gasteiger partial charge >= 0.3 is 0 Å². The van der Waals surface area contributed by atoms with Crippen molar-refractivity contribution in [3.05, 3.63) is 108 Å². The molecular weight excluding hydrogens is 332 g/mol. The molecule has 0 heterocycles. The monoisotopic (exact) mass is 358 g/mol. The Balaban J connectivity index is 1.63. The number of amides is 1. The van der Waals surface area contributed by atoms with Crippen LogP contribution in [0.1, 0.15) is 22.7 Å². The van der Waals surface area contributed by atoms with E-state index < -0.39 is 0 Å². The number of nitrogens with one attached hydrogen (secondary N) is 1. The zero-order chi connectivity index (χ0) is 18.9. The molecule has 0 saturated heterocycles. The summed E-state index contributed by atoms with van der Waals surface area (Å²) in [6, 6.07) is 30.6. The van der Waals surface area contributed by atoms with Crippen LogP contribution in [0.5, 0.6) is 0 Å². The molecule has 1 N–H and O–H groups in total. The highest BCUT2D eigenvalue weighted by molar-refractivity contribution is 5.78. The molecule has 1 unspecified atom stereocenters. The average molecular weight is 358 g/mol. The number of likely N-dealkylation sites (N-methyl/N-ethyl adjacent to an activating group) is 1. The maximum absolute atomic E-state index is 12.7. The van der Waals surface area contributed by atoms with Crippen molar-refractivity contribution in [1.82, 2.24) is 10.2 Å². The minimum Gasteiger partial charge on any atom is -0.348 e. The lowest BCUT2D eigenvalue weighted by atomic mass is 9.99. The standard InChI is InChI=1S/C24H26N2O/c1-26(18-21-13-7-3-8-14-21)19-24(27)25-23(22-15-9-4-10-16-22)17-20-11-5-2-6-12-20/h2-16,23H,17-19H2,1H3,(H,25,27). The fraction of sp³-hybridized carbons (Fsp3) is 0.208. The van der Waals surface area contributed by atoms with Crippen LogP contribution in [0.4, 0.5) is 0 Å². The molecule has 0 radical (unpaired) electrons. The smallest absolute Gasteiger partial charge is 0.234 e. The number of rotatable bonds is 8. The molecule has 0 spiro atoms. The Morgan fingerprint density at radius 1 is 0.815 bits per heavy atom. The summed E-state index contributed by atoms with van der Waals surface area (Å²) >= 11 is 0. The van der Waals surface area contributed by atoms with Gasteiger partial charge in [-0.05, 0) is 30.2 Å². The van der Waals surface area contributed by atoms with Crippen LogP contribution in [-0.2, 0) is 17.8 Å². The second-order valence-electron chi connectivity index (χ2n) is 6.88. The molecule has 0 bridgehead atoms. The maximum atomic E-state index is 12.7. The number of nitrogens with zero attached hydrogens (tertiary/aromatic N) is 1. The topological polar surface area (TPSA) is 32.3 Å². The Bertz CT molecular complexity index is 819. The Morgan fingerprint density at radius 3 is 1.93 bits per heavy atom. The van der Waals surface area contributed by atoms with Gasteiger partial charge in [0, 0.05) is 6.54 Å². The van der Waals surface area contributed by atoms with E-state index >= 15 is 0 Å². The molecule has 0 aliphatic rings. The van der Waals surface area contributed by atoms with E-state index in [0.29, 0.717) is 6.54 Å². The Morgan fingerprint density at radius 2 is 1.33 bits per heavy atom. The van der Waals surface area contributed by atoms with Crippen molar-refractivity contribution >= 4 is 5.91 Å². The molecule has 27 heavy (non-hydrogen) atoms. The summed E-state index contributed by atoms with van der Waals surface area (Å²) < 4.78 is 0. The SMILES string of the molecule is CN(CC(=O)NC(Cc1ccccc1)c1ccccc1)Cc1ccccc1. The molecule has 0 aliphatic heterocycles. The molecule has 3 aromatic carbocycles. The number of carbonyl (C=O) groups is 1. The summed E-state index contributed by atoms with van der Waals surface area (Å²) in [5, 5.41) is 3.22. The molecule has 0 saturated carbocycles. The molecule has 3 nitrogen and oxygen atoms in total. The van der Waals surface area contributed by atoms with Crippen LogP contribution in [0.3, 0.4) is 0 Å². The van der Waals surface area contributed by atoms with Gasteiger partial charge in [0.2, 0.25) is 5.91 Å². The van der Waals surface area contributed by atoms with Crippen LogP contribution in [0.25, 0.3) is 0 Å².